The van der Waals surface area contributed by atoms with Crippen molar-refractivity contribution in [3.8, 4) is 11.8 Å². The number of ketones is 2. The second kappa shape index (κ2) is 19.1. The van der Waals surface area contributed by atoms with Crippen molar-refractivity contribution in [1.29, 1.82) is 0 Å². The van der Waals surface area contributed by atoms with Gasteiger partial charge in [0.25, 0.3) is 5.91 Å². The lowest BCUT2D eigenvalue weighted by atomic mass is 9.73. The molecule has 3 aliphatic heterocycles. The predicted octanol–water partition coefficient (Wildman–Crippen LogP) is 4.38. The molecule has 16 nitrogen and oxygen atoms in total. The van der Waals surface area contributed by atoms with E-state index in [0.717, 1.165) is 12.8 Å². The van der Waals surface area contributed by atoms with Crippen molar-refractivity contribution >= 4 is 40.4 Å². The zero-order chi connectivity index (χ0) is 47.2. The van der Waals surface area contributed by atoms with Gasteiger partial charge in [-0.3, -0.25) is 28.9 Å². The number of amides is 2. The molecular weight excluding hydrogens is 825 g/mol. The average Bonchev–Trinajstić information content (AvgIpc) is 4.06. The van der Waals surface area contributed by atoms with Crippen molar-refractivity contribution in [3.05, 3.63) is 45.7 Å². The molecule has 4 fully saturated rings. The molecule has 0 radical (unpaired) electrons. The minimum absolute atomic E-state index is 0.0650. The number of aromatic nitrogens is 1. The average molecular weight is 891 g/mol. The first-order chi connectivity index (χ1) is 30.1. The van der Waals surface area contributed by atoms with Crippen LogP contribution in [0.25, 0.3) is 10.9 Å². The van der Waals surface area contributed by atoms with Gasteiger partial charge in [-0.15, -0.1) is 0 Å². The van der Waals surface area contributed by atoms with Crippen molar-refractivity contribution < 1.29 is 52.8 Å². The van der Waals surface area contributed by atoms with Crippen molar-refractivity contribution in [1.82, 2.24) is 14.4 Å². The van der Waals surface area contributed by atoms with Crippen molar-refractivity contribution in [2.24, 2.45) is 29.4 Å². The van der Waals surface area contributed by atoms with E-state index in [2.05, 4.69) is 11.8 Å². The van der Waals surface area contributed by atoms with Gasteiger partial charge in [-0.1, -0.05) is 39.5 Å². The fraction of sp³-hybridized carbons (Fsp3) is 0.667. The molecule has 1 aliphatic carbocycles. The molecule has 3 saturated heterocycles. The number of cyclic esters (lactones) is 1. The summed E-state index contributed by atoms with van der Waals surface area (Å²) in [7, 11) is 5.18. The number of methoxy groups -OCH3 is 1. The Hall–Kier alpha value is -4.66. The minimum Gasteiger partial charge on any atom is -0.458 e. The summed E-state index contributed by atoms with van der Waals surface area (Å²) in [6.07, 6.45) is -0.998. The van der Waals surface area contributed by atoms with Gasteiger partial charge in [0.1, 0.15) is 29.5 Å². The predicted molar refractivity (Wildman–Crippen MR) is 236 cm³/mol. The third kappa shape index (κ3) is 9.37. The Bertz CT molecular complexity index is 2260. The Morgan fingerprint density at radius 1 is 1.03 bits per heavy atom. The number of carbonyl (C=O) groups excluding carboxylic acids is 5. The summed E-state index contributed by atoms with van der Waals surface area (Å²) in [5, 5.41) is 11.8. The highest BCUT2D eigenvalue weighted by molar-refractivity contribution is 6.00. The zero-order valence-corrected chi connectivity index (χ0v) is 39.0. The van der Waals surface area contributed by atoms with E-state index in [0.29, 0.717) is 22.9 Å². The normalized spacial score (nSPS) is 35.3. The summed E-state index contributed by atoms with van der Waals surface area (Å²) in [5.41, 5.74) is 3.45. The maximum atomic E-state index is 14.8. The molecule has 1 aromatic heterocycles. The van der Waals surface area contributed by atoms with E-state index in [9.17, 15) is 33.9 Å². The van der Waals surface area contributed by atoms with Gasteiger partial charge < -0.3 is 44.0 Å². The van der Waals surface area contributed by atoms with E-state index < -0.39 is 94.7 Å². The van der Waals surface area contributed by atoms with Gasteiger partial charge in [-0.25, -0.2) is 4.79 Å². The van der Waals surface area contributed by atoms with Gasteiger partial charge in [0.2, 0.25) is 5.43 Å². The van der Waals surface area contributed by atoms with Gasteiger partial charge in [-0.05, 0) is 92.1 Å². The Labute approximate surface area is 375 Å². The Balaban J connectivity index is 1.32. The van der Waals surface area contributed by atoms with Gasteiger partial charge in [0, 0.05) is 67.1 Å². The Morgan fingerprint density at radius 3 is 2.33 bits per heavy atom. The van der Waals surface area contributed by atoms with Crippen LogP contribution < -0.4 is 11.2 Å². The molecule has 2 aromatic rings. The highest BCUT2D eigenvalue weighted by Gasteiger charge is 2.60. The summed E-state index contributed by atoms with van der Waals surface area (Å²) in [5.74, 6) is 0.145. The van der Waals surface area contributed by atoms with E-state index in [-0.39, 0.29) is 55.3 Å². The number of pyridine rings is 1. The standard InChI is InChI=1S/C48H66N4O12/c1-12-36-48(8)41(51(46(59)64-48)20-14-13-15-30-16-19-32-34(22-30)52(31-17-18-31)24-33(39(32)55)43(49)57)27(4)37(53)25(2)23-47(7,60-11)42(28(5)38(54)29(6)44(58)62-36)63-45-40(56)35(50(9)10)21-26(3)61-45/h16,19,22,24-29,31,35-36,40-42,45,56H,12,14,17-18,20-21,23H2,1-11H3,(H2,49,57)/t25-,26-,27+,28+,29-,35+,36-,40-,41-,42-,45+,47-,48-/m1/s1. The molecule has 0 spiro atoms. The number of carbonyl (C=O) groups is 5. The molecule has 1 aromatic carbocycles. The van der Waals surface area contributed by atoms with Crippen LogP contribution in [0, 0.1) is 35.5 Å². The molecule has 64 heavy (non-hydrogen) atoms. The van der Waals surface area contributed by atoms with Crippen molar-refractivity contribution in [2.75, 3.05) is 27.7 Å². The number of nitrogens with two attached hydrogens (primary N) is 1. The quantitative estimate of drug-likeness (QED) is 0.204. The third-order valence-corrected chi connectivity index (χ3v) is 14.1. The fourth-order valence-corrected chi connectivity index (χ4v) is 10.3. The van der Waals surface area contributed by atoms with Gasteiger partial charge in [0.05, 0.1) is 29.4 Å². The van der Waals surface area contributed by atoms with Crippen LogP contribution in [0.5, 0.6) is 0 Å². The number of ether oxygens (including phenoxy) is 5. The monoisotopic (exact) mass is 890 g/mol. The molecule has 0 unspecified atom stereocenters. The van der Waals surface area contributed by atoms with Crippen LogP contribution in [0.4, 0.5) is 4.79 Å². The summed E-state index contributed by atoms with van der Waals surface area (Å²) in [6, 6.07) is 4.06. The SMILES string of the molecule is CC[C@H]1OC(=O)[C@H](C)C(=O)[C@H](C)[C@@H](O[C@@H]2O[C@H](C)C[C@H](N(C)C)[C@H]2O)[C@](C)(OC)C[C@@H](C)C(=O)[C@H](C)[C@H]2N(CCC#Cc3ccc4c(=O)c(C(N)=O)cn(C5CC5)c4c3)C(=O)O[C@]12C. The van der Waals surface area contributed by atoms with Crippen molar-refractivity contribution in [3.63, 3.8) is 0 Å². The number of likely N-dealkylation sites (N-methyl/N-ethyl adjacent to an activating group) is 1. The number of primary amides is 1. The molecule has 6 rings (SSSR count). The zero-order valence-electron chi connectivity index (χ0n) is 39.0. The molecule has 1 saturated carbocycles. The fourth-order valence-electron chi connectivity index (χ4n) is 10.3. The molecule has 2 amide bonds. The van der Waals surface area contributed by atoms with Crippen molar-refractivity contribution in [2.45, 2.75) is 154 Å². The number of fused-ring (bicyclic) bond motifs is 2. The molecule has 4 heterocycles. The lowest BCUT2D eigenvalue weighted by Crippen LogP contribution is -2.60. The molecule has 3 N–H and O–H groups in total. The number of hydrogen-bond donors (Lipinski definition) is 2. The first-order valence-electron chi connectivity index (χ1n) is 22.5. The van der Waals surface area contributed by atoms with Crippen LogP contribution in [0.2, 0.25) is 0 Å². The van der Waals surface area contributed by atoms with Crippen LogP contribution in [0.15, 0.2) is 29.2 Å². The molecule has 13 atom stereocenters. The number of nitrogens with zero attached hydrogens (tertiary/aromatic N) is 3. The van der Waals surface area contributed by atoms with E-state index in [1.54, 1.807) is 59.7 Å². The van der Waals surface area contributed by atoms with E-state index in [1.807, 2.05) is 30.5 Å². The van der Waals surface area contributed by atoms with E-state index in [4.69, 9.17) is 29.4 Å². The van der Waals surface area contributed by atoms with Crippen LogP contribution in [-0.2, 0) is 38.1 Å². The molecule has 16 heteroatoms. The van der Waals surface area contributed by atoms with Gasteiger partial charge in [-0.2, -0.15) is 0 Å². The number of hydrogen-bond acceptors (Lipinski definition) is 13. The number of esters is 1. The summed E-state index contributed by atoms with van der Waals surface area (Å²) >= 11 is 0. The third-order valence-electron chi connectivity index (χ3n) is 14.1. The number of rotatable bonds is 9. The van der Waals surface area contributed by atoms with E-state index >= 15 is 0 Å². The summed E-state index contributed by atoms with van der Waals surface area (Å²) < 4.78 is 33.1. The molecule has 350 valence electrons. The smallest absolute Gasteiger partial charge is 0.410 e. The maximum Gasteiger partial charge on any atom is 0.410 e. The number of aliphatic hydroxyl groups is 1. The largest absolute Gasteiger partial charge is 0.458 e. The lowest BCUT2D eigenvalue weighted by Gasteiger charge is -2.47. The highest BCUT2D eigenvalue weighted by Crippen LogP contribution is 2.43. The topological polar surface area (TPSA) is 206 Å². The molecule has 0 bridgehead atoms. The number of Topliss-reactive ketones (excluding diaryl/α,β-unsaturated/α-hetero) is 2. The molecule has 4 aliphatic rings. The van der Waals surface area contributed by atoms with Gasteiger partial charge in [0.15, 0.2) is 17.7 Å². The highest BCUT2D eigenvalue weighted by atomic mass is 16.7. The Morgan fingerprint density at radius 2 is 1.72 bits per heavy atom. The van der Waals surface area contributed by atoms with Gasteiger partial charge >= 0.3 is 12.1 Å². The first kappa shape index (κ1) is 48.8. The van der Waals surface area contributed by atoms with Crippen LogP contribution in [0.3, 0.4) is 0 Å². The van der Waals surface area contributed by atoms with Crippen LogP contribution in [-0.4, -0.2) is 131 Å². The maximum absolute atomic E-state index is 14.8. The Kier molecular flexibility index (Phi) is 14.5. The molecular formula is C48H66N4O12. The second-order valence-electron chi connectivity index (χ2n) is 19.0. The first-order valence-corrected chi connectivity index (χ1v) is 22.5. The summed E-state index contributed by atoms with van der Waals surface area (Å²) in [6.45, 7) is 13.8. The lowest BCUT2D eigenvalue weighted by molar-refractivity contribution is -0.295. The van der Waals surface area contributed by atoms with Crippen LogP contribution >= 0.6 is 0 Å². The second-order valence-corrected chi connectivity index (χ2v) is 19.0. The van der Waals surface area contributed by atoms with Crippen LogP contribution in [0.1, 0.15) is 116 Å². The number of aliphatic hydroxyl groups excluding tert-OH is 1. The van der Waals surface area contributed by atoms with E-state index in [1.165, 1.54) is 25.1 Å². The minimum atomic E-state index is -1.50. The summed E-state index contributed by atoms with van der Waals surface area (Å²) in [4.78, 5) is 85.6. The number of benzene rings is 1.